The zero-order valence-corrected chi connectivity index (χ0v) is 17.4. The van der Waals surface area contributed by atoms with Gasteiger partial charge in [-0.2, -0.15) is 0 Å². The normalized spacial score (nSPS) is 10.8. The summed E-state index contributed by atoms with van der Waals surface area (Å²) in [5, 5.41) is 11.1. The van der Waals surface area contributed by atoms with Gasteiger partial charge in [-0.15, -0.1) is 5.10 Å². The summed E-state index contributed by atoms with van der Waals surface area (Å²) in [6.07, 6.45) is 3.64. The number of carbonyl (C=O) groups is 1. The van der Waals surface area contributed by atoms with Crippen LogP contribution in [0, 0.1) is 5.82 Å². The van der Waals surface area contributed by atoms with Crippen LogP contribution in [-0.2, 0) is 13.1 Å². The van der Waals surface area contributed by atoms with Crippen LogP contribution in [0.25, 0.3) is 5.82 Å². The number of methoxy groups -OCH3 is 1. The molecule has 2 aromatic heterocycles. The molecule has 4 aromatic rings. The van der Waals surface area contributed by atoms with Gasteiger partial charge in [0.1, 0.15) is 11.6 Å². The number of nitrogens with zero attached hydrogens (tertiary/aromatic N) is 4. The number of hydrogen-bond donors (Lipinski definition) is 1. The molecule has 9 heteroatoms. The molecule has 0 aliphatic heterocycles. The maximum absolute atomic E-state index is 13.3. The molecule has 0 radical (unpaired) electrons. The summed E-state index contributed by atoms with van der Waals surface area (Å²) in [6.45, 7) is 0.598. The Balaban J connectivity index is 1.58. The molecule has 31 heavy (non-hydrogen) atoms. The Morgan fingerprint density at radius 1 is 1.13 bits per heavy atom. The number of nitrogens with one attached hydrogen (secondary N) is 1. The lowest BCUT2D eigenvalue weighted by atomic mass is 10.2. The van der Waals surface area contributed by atoms with E-state index in [0.29, 0.717) is 17.9 Å². The molecular formula is C22H19ClFN5O2. The van der Waals surface area contributed by atoms with Gasteiger partial charge < -0.3 is 14.6 Å². The fraction of sp³-hybridized carbons (Fsp3) is 0.136. The second kappa shape index (κ2) is 9.01. The molecule has 0 atom stereocenters. The first kappa shape index (κ1) is 20.6. The number of ether oxygens (including phenoxy) is 1. The summed E-state index contributed by atoms with van der Waals surface area (Å²) in [7, 11) is 1.61. The summed E-state index contributed by atoms with van der Waals surface area (Å²) >= 11 is 5.81. The van der Waals surface area contributed by atoms with Crippen LogP contribution in [0.1, 0.15) is 21.6 Å². The van der Waals surface area contributed by atoms with Gasteiger partial charge in [-0.05, 0) is 47.5 Å². The average Bonchev–Trinajstić information content (AvgIpc) is 3.44. The third-order valence-corrected chi connectivity index (χ3v) is 4.99. The van der Waals surface area contributed by atoms with Gasteiger partial charge in [0.05, 0.1) is 18.7 Å². The van der Waals surface area contributed by atoms with Crippen molar-refractivity contribution >= 4 is 17.5 Å². The van der Waals surface area contributed by atoms with E-state index in [1.807, 2.05) is 48.8 Å². The number of carbonyl (C=O) groups excluding carboxylic acids is 1. The molecule has 0 bridgehead atoms. The van der Waals surface area contributed by atoms with Gasteiger partial charge >= 0.3 is 0 Å². The lowest BCUT2D eigenvalue weighted by Gasteiger charge is -2.10. The van der Waals surface area contributed by atoms with Crippen LogP contribution in [0.15, 0.2) is 67.0 Å². The van der Waals surface area contributed by atoms with Crippen molar-refractivity contribution in [3.63, 3.8) is 0 Å². The average molecular weight is 440 g/mol. The fourth-order valence-corrected chi connectivity index (χ4v) is 3.32. The van der Waals surface area contributed by atoms with Crippen molar-refractivity contribution in [1.82, 2.24) is 24.9 Å². The number of hydrogen-bond acceptors (Lipinski definition) is 4. The van der Waals surface area contributed by atoms with Crippen molar-refractivity contribution in [2.75, 3.05) is 7.11 Å². The lowest BCUT2D eigenvalue weighted by molar-refractivity contribution is 0.0946. The molecule has 2 aromatic carbocycles. The van der Waals surface area contributed by atoms with Gasteiger partial charge in [0, 0.05) is 18.9 Å². The molecule has 1 amide bonds. The van der Waals surface area contributed by atoms with Crippen molar-refractivity contribution in [2.24, 2.45) is 0 Å². The minimum absolute atomic E-state index is 0.00483. The smallest absolute Gasteiger partial charge is 0.276 e. The van der Waals surface area contributed by atoms with Gasteiger partial charge in [0.15, 0.2) is 11.5 Å². The second-order valence-corrected chi connectivity index (χ2v) is 7.20. The van der Waals surface area contributed by atoms with E-state index < -0.39 is 11.7 Å². The highest BCUT2D eigenvalue weighted by atomic mass is 35.5. The minimum atomic E-state index is -0.506. The Hall–Kier alpha value is -3.65. The van der Waals surface area contributed by atoms with Crippen LogP contribution in [0.5, 0.6) is 5.75 Å². The quantitative estimate of drug-likeness (QED) is 0.474. The van der Waals surface area contributed by atoms with Crippen LogP contribution < -0.4 is 10.1 Å². The summed E-state index contributed by atoms with van der Waals surface area (Å²) in [6, 6.07) is 15.6. The fourth-order valence-electron chi connectivity index (χ4n) is 3.11. The highest BCUT2D eigenvalue weighted by molar-refractivity contribution is 6.30. The van der Waals surface area contributed by atoms with Gasteiger partial charge in [0.2, 0.25) is 0 Å². The topological polar surface area (TPSA) is 74.0 Å². The molecule has 0 saturated carbocycles. The Kier molecular flexibility index (Phi) is 5.99. The number of amides is 1. The molecule has 4 rings (SSSR count). The second-order valence-electron chi connectivity index (χ2n) is 6.79. The van der Waals surface area contributed by atoms with Crippen molar-refractivity contribution in [3.05, 3.63) is 94.7 Å². The molecule has 1 N–H and O–H groups in total. The van der Waals surface area contributed by atoms with Gasteiger partial charge in [0.25, 0.3) is 5.91 Å². The zero-order valence-electron chi connectivity index (χ0n) is 16.6. The molecule has 0 fully saturated rings. The number of halogens is 2. The highest BCUT2D eigenvalue weighted by Gasteiger charge is 2.21. The zero-order chi connectivity index (χ0) is 21.8. The maximum Gasteiger partial charge on any atom is 0.276 e. The van der Waals surface area contributed by atoms with E-state index in [2.05, 4.69) is 15.6 Å². The molecule has 2 heterocycles. The summed E-state index contributed by atoms with van der Waals surface area (Å²) in [5.41, 5.74) is 1.83. The molecule has 0 unspecified atom stereocenters. The molecule has 0 aliphatic carbocycles. The van der Waals surface area contributed by atoms with E-state index >= 15 is 0 Å². The number of benzene rings is 2. The molecule has 0 saturated heterocycles. The van der Waals surface area contributed by atoms with E-state index in [4.69, 9.17) is 16.3 Å². The predicted molar refractivity (Wildman–Crippen MR) is 114 cm³/mol. The monoisotopic (exact) mass is 439 g/mol. The summed E-state index contributed by atoms with van der Waals surface area (Å²) < 4.78 is 22.0. The Bertz CT molecular complexity index is 1190. The number of aromatic nitrogens is 4. The van der Waals surface area contributed by atoms with E-state index in [-0.39, 0.29) is 17.3 Å². The molecule has 158 valence electrons. The Morgan fingerprint density at radius 3 is 2.52 bits per heavy atom. The van der Waals surface area contributed by atoms with E-state index in [1.165, 1.54) is 12.1 Å². The van der Waals surface area contributed by atoms with Crippen LogP contribution >= 0.6 is 11.6 Å². The van der Waals surface area contributed by atoms with Crippen molar-refractivity contribution in [2.45, 2.75) is 13.1 Å². The molecular weight excluding hydrogens is 421 g/mol. The van der Waals surface area contributed by atoms with Crippen LogP contribution in [-0.4, -0.2) is 32.6 Å². The SMILES string of the molecule is COc1ccc(Cn2nnc(C(=O)NCc3ccc(F)c(Cl)c3)c2-n2cccc2)cc1. The first-order valence-electron chi connectivity index (χ1n) is 9.47. The molecule has 0 aliphatic rings. The Labute approximate surface area is 183 Å². The van der Waals surface area contributed by atoms with E-state index in [1.54, 1.807) is 22.4 Å². The van der Waals surface area contributed by atoms with Crippen molar-refractivity contribution in [3.8, 4) is 11.6 Å². The van der Waals surface area contributed by atoms with E-state index in [0.717, 1.165) is 11.3 Å². The largest absolute Gasteiger partial charge is 0.497 e. The van der Waals surface area contributed by atoms with Crippen LogP contribution in [0.2, 0.25) is 5.02 Å². The van der Waals surface area contributed by atoms with Crippen molar-refractivity contribution in [1.29, 1.82) is 0 Å². The maximum atomic E-state index is 13.3. The van der Waals surface area contributed by atoms with Crippen LogP contribution in [0.3, 0.4) is 0 Å². The van der Waals surface area contributed by atoms with Gasteiger partial charge in [-0.1, -0.05) is 35.0 Å². The number of rotatable bonds is 7. The minimum Gasteiger partial charge on any atom is -0.497 e. The third kappa shape index (κ3) is 4.59. The lowest BCUT2D eigenvalue weighted by Crippen LogP contribution is -2.25. The third-order valence-electron chi connectivity index (χ3n) is 4.70. The van der Waals surface area contributed by atoms with Crippen molar-refractivity contribution < 1.29 is 13.9 Å². The Morgan fingerprint density at radius 2 is 1.84 bits per heavy atom. The molecule has 0 spiro atoms. The summed E-state index contributed by atoms with van der Waals surface area (Å²) in [4.78, 5) is 12.9. The highest BCUT2D eigenvalue weighted by Crippen LogP contribution is 2.18. The summed E-state index contributed by atoms with van der Waals surface area (Å²) in [5.74, 6) is 0.391. The van der Waals surface area contributed by atoms with Crippen LogP contribution in [0.4, 0.5) is 4.39 Å². The first-order valence-corrected chi connectivity index (χ1v) is 9.85. The van der Waals surface area contributed by atoms with E-state index in [9.17, 15) is 9.18 Å². The van der Waals surface area contributed by atoms with Gasteiger partial charge in [-0.3, -0.25) is 4.79 Å². The predicted octanol–water partition coefficient (Wildman–Crippen LogP) is 3.85. The standard InChI is InChI=1S/C22H19ClFN5O2/c1-31-17-7-4-15(5-8-17)14-29-22(28-10-2-3-11-28)20(26-27-29)21(30)25-13-16-6-9-19(24)18(23)12-16/h2-12H,13-14H2,1H3,(H,25,30). The first-order chi connectivity index (χ1) is 15.0. The molecule has 7 nitrogen and oxygen atoms in total. The van der Waals surface area contributed by atoms with Gasteiger partial charge in [-0.25, -0.2) is 9.07 Å².